The van der Waals surface area contributed by atoms with Gasteiger partial charge in [-0.15, -0.1) is 0 Å². The van der Waals surface area contributed by atoms with Crippen LogP contribution < -0.4 is 5.32 Å². The molecule has 2 atom stereocenters. The molecule has 0 spiro atoms. The van der Waals surface area contributed by atoms with Crippen LogP contribution in [0.3, 0.4) is 0 Å². The van der Waals surface area contributed by atoms with Crippen molar-refractivity contribution in [1.82, 2.24) is 9.97 Å². The van der Waals surface area contributed by atoms with Gasteiger partial charge in [0.2, 0.25) is 5.95 Å². The predicted octanol–water partition coefficient (Wildman–Crippen LogP) is 1.19. The fourth-order valence-electron chi connectivity index (χ4n) is 1.87. The minimum atomic E-state index is -0.433. The molecule has 15 heavy (non-hydrogen) atoms. The molecule has 1 fully saturated rings. The maximum Gasteiger partial charge on any atom is 0.222 e. The summed E-state index contributed by atoms with van der Waals surface area (Å²) in [5, 5.41) is 12.4. The van der Waals surface area contributed by atoms with Crippen molar-refractivity contribution in [3.63, 3.8) is 0 Å². The maximum atomic E-state index is 12.5. The SMILES string of the molecule is OC1CCC(CNc2ncc(F)cn2)C1. The molecule has 5 heteroatoms. The molecule has 4 nitrogen and oxygen atoms in total. The van der Waals surface area contributed by atoms with Gasteiger partial charge in [0.15, 0.2) is 5.82 Å². The predicted molar refractivity (Wildman–Crippen MR) is 53.8 cm³/mol. The van der Waals surface area contributed by atoms with Crippen molar-refractivity contribution in [3.8, 4) is 0 Å². The molecule has 0 amide bonds. The molecule has 82 valence electrons. The third-order valence-corrected chi connectivity index (χ3v) is 2.68. The second kappa shape index (κ2) is 4.53. The highest BCUT2D eigenvalue weighted by molar-refractivity contribution is 5.22. The lowest BCUT2D eigenvalue weighted by Crippen LogP contribution is -2.14. The average Bonchev–Trinajstić information content (AvgIpc) is 2.64. The Morgan fingerprint density at radius 3 is 2.73 bits per heavy atom. The van der Waals surface area contributed by atoms with Gasteiger partial charge in [-0.1, -0.05) is 0 Å². The molecular formula is C10H14FN3O. The zero-order valence-electron chi connectivity index (χ0n) is 8.36. The molecule has 0 aliphatic heterocycles. The van der Waals surface area contributed by atoms with Crippen molar-refractivity contribution >= 4 is 5.95 Å². The van der Waals surface area contributed by atoms with Gasteiger partial charge in [0.05, 0.1) is 18.5 Å². The lowest BCUT2D eigenvalue weighted by molar-refractivity contribution is 0.178. The van der Waals surface area contributed by atoms with Crippen molar-refractivity contribution in [2.45, 2.75) is 25.4 Å². The molecule has 1 heterocycles. The van der Waals surface area contributed by atoms with Crippen LogP contribution in [0.25, 0.3) is 0 Å². The molecule has 2 rings (SSSR count). The molecule has 2 unspecified atom stereocenters. The fraction of sp³-hybridized carbons (Fsp3) is 0.600. The van der Waals surface area contributed by atoms with Gasteiger partial charge in [-0.05, 0) is 25.2 Å². The molecule has 0 saturated heterocycles. The quantitative estimate of drug-likeness (QED) is 0.788. The Kier molecular flexibility index (Phi) is 3.11. The van der Waals surface area contributed by atoms with E-state index in [1.807, 2.05) is 0 Å². The summed E-state index contributed by atoms with van der Waals surface area (Å²) in [6.45, 7) is 0.739. The van der Waals surface area contributed by atoms with Crippen molar-refractivity contribution in [1.29, 1.82) is 0 Å². The third kappa shape index (κ3) is 2.86. The zero-order valence-corrected chi connectivity index (χ0v) is 8.36. The largest absolute Gasteiger partial charge is 0.393 e. The first-order chi connectivity index (χ1) is 7.24. The number of nitrogens with zero attached hydrogens (tertiary/aromatic N) is 2. The summed E-state index contributed by atoms with van der Waals surface area (Å²) in [5.74, 6) is 0.475. The smallest absolute Gasteiger partial charge is 0.222 e. The first-order valence-electron chi connectivity index (χ1n) is 5.13. The normalized spacial score (nSPS) is 25.5. The van der Waals surface area contributed by atoms with Gasteiger partial charge in [-0.25, -0.2) is 14.4 Å². The number of hydrogen-bond acceptors (Lipinski definition) is 4. The summed E-state index contributed by atoms with van der Waals surface area (Å²) in [6, 6.07) is 0. The Hall–Kier alpha value is -1.23. The molecule has 1 saturated carbocycles. The minimum absolute atomic E-state index is 0.161. The van der Waals surface area contributed by atoms with E-state index in [0.717, 1.165) is 38.2 Å². The van der Waals surface area contributed by atoms with E-state index in [4.69, 9.17) is 0 Å². The van der Waals surface area contributed by atoms with Crippen molar-refractivity contribution in [2.75, 3.05) is 11.9 Å². The highest BCUT2D eigenvalue weighted by atomic mass is 19.1. The highest BCUT2D eigenvalue weighted by Crippen LogP contribution is 2.25. The van der Waals surface area contributed by atoms with E-state index in [9.17, 15) is 9.50 Å². The Morgan fingerprint density at radius 2 is 2.13 bits per heavy atom. The molecule has 0 aromatic carbocycles. The van der Waals surface area contributed by atoms with E-state index in [1.165, 1.54) is 0 Å². The number of rotatable bonds is 3. The van der Waals surface area contributed by atoms with Crippen LogP contribution in [0.2, 0.25) is 0 Å². The number of nitrogens with one attached hydrogen (secondary N) is 1. The van der Waals surface area contributed by atoms with Crippen molar-refractivity contribution < 1.29 is 9.50 Å². The monoisotopic (exact) mass is 211 g/mol. The van der Waals surface area contributed by atoms with E-state index in [2.05, 4.69) is 15.3 Å². The lowest BCUT2D eigenvalue weighted by atomic mass is 10.1. The first-order valence-corrected chi connectivity index (χ1v) is 5.13. The highest BCUT2D eigenvalue weighted by Gasteiger charge is 2.22. The zero-order chi connectivity index (χ0) is 10.7. The Balaban J connectivity index is 1.80. The van der Waals surface area contributed by atoms with Gasteiger partial charge >= 0.3 is 0 Å². The van der Waals surface area contributed by atoms with Crippen LogP contribution in [0.4, 0.5) is 10.3 Å². The standard InChI is InChI=1S/C10H14FN3O/c11-8-5-13-10(14-6-8)12-4-7-1-2-9(15)3-7/h5-7,9,15H,1-4H2,(H,12,13,14). The molecule has 2 N–H and O–H groups in total. The number of anilines is 1. The second-order valence-electron chi connectivity index (χ2n) is 3.94. The van der Waals surface area contributed by atoms with Crippen LogP contribution >= 0.6 is 0 Å². The van der Waals surface area contributed by atoms with Crippen molar-refractivity contribution in [2.24, 2.45) is 5.92 Å². The van der Waals surface area contributed by atoms with Crippen LogP contribution in [0.1, 0.15) is 19.3 Å². The summed E-state index contributed by atoms with van der Waals surface area (Å²) in [5.41, 5.74) is 0. The maximum absolute atomic E-state index is 12.5. The van der Waals surface area contributed by atoms with E-state index >= 15 is 0 Å². The summed E-state index contributed by atoms with van der Waals surface area (Å²) in [4.78, 5) is 7.60. The van der Waals surface area contributed by atoms with Crippen LogP contribution in [0.15, 0.2) is 12.4 Å². The van der Waals surface area contributed by atoms with Crippen LogP contribution in [0.5, 0.6) is 0 Å². The topological polar surface area (TPSA) is 58.0 Å². The van der Waals surface area contributed by atoms with Gasteiger partial charge in [0, 0.05) is 6.54 Å². The first kappa shape index (κ1) is 10.3. The molecule has 1 aromatic heterocycles. The molecular weight excluding hydrogens is 197 g/mol. The number of halogens is 1. The second-order valence-corrected chi connectivity index (χ2v) is 3.94. The average molecular weight is 211 g/mol. The van der Waals surface area contributed by atoms with E-state index < -0.39 is 5.82 Å². The summed E-state index contributed by atoms with van der Waals surface area (Å²) in [6.07, 6.45) is 4.84. The minimum Gasteiger partial charge on any atom is -0.393 e. The lowest BCUT2D eigenvalue weighted by Gasteiger charge is -2.10. The van der Waals surface area contributed by atoms with Gasteiger partial charge in [0.1, 0.15) is 0 Å². The van der Waals surface area contributed by atoms with Crippen LogP contribution in [-0.2, 0) is 0 Å². The number of aliphatic hydroxyl groups excluding tert-OH is 1. The number of hydrogen-bond donors (Lipinski definition) is 2. The molecule has 0 radical (unpaired) electrons. The number of aromatic nitrogens is 2. The summed E-state index contributed by atoms with van der Waals surface area (Å²) < 4.78 is 12.5. The van der Waals surface area contributed by atoms with Gasteiger partial charge in [0.25, 0.3) is 0 Å². The van der Waals surface area contributed by atoms with E-state index in [1.54, 1.807) is 0 Å². The van der Waals surface area contributed by atoms with Crippen LogP contribution in [-0.4, -0.2) is 27.7 Å². The van der Waals surface area contributed by atoms with Gasteiger partial charge in [-0.2, -0.15) is 0 Å². The van der Waals surface area contributed by atoms with Gasteiger partial charge in [-0.3, -0.25) is 0 Å². The Morgan fingerprint density at radius 1 is 1.40 bits per heavy atom. The van der Waals surface area contributed by atoms with Crippen molar-refractivity contribution in [3.05, 3.63) is 18.2 Å². The Bertz CT molecular complexity index is 317. The molecule has 0 bridgehead atoms. The summed E-state index contributed by atoms with van der Waals surface area (Å²) in [7, 11) is 0. The molecule has 1 aromatic rings. The fourth-order valence-corrected chi connectivity index (χ4v) is 1.87. The van der Waals surface area contributed by atoms with E-state index in [0.29, 0.717) is 11.9 Å². The molecule has 1 aliphatic rings. The summed E-state index contributed by atoms with van der Waals surface area (Å²) >= 11 is 0. The third-order valence-electron chi connectivity index (χ3n) is 2.68. The van der Waals surface area contributed by atoms with Gasteiger partial charge < -0.3 is 10.4 Å². The Labute approximate surface area is 87.6 Å². The molecule has 1 aliphatic carbocycles. The van der Waals surface area contributed by atoms with Crippen LogP contribution in [0, 0.1) is 11.7 Å². The number of aliphatic hydroxyl groups is 1. The van der Waals surface area contributed by atoms with E-state index in [-0.39, 0.29) is 6.10 Å².